The zero-order chi connectivity index (χ0) is 22.1. The molecule has 7 nitrogen and oxygen atoms in total. The number of hydrogen-bond donors (Lipinski definition) is 2. The number of benzene rings is 2. The highest BCUT2D eigenvalue weighted by atomic mass is 35.5. The summed E-state index contributed by atoms with van der Waals surface area (Å²) in [6, 6.07) is 10.7. The summed E-state index contributed by atoms with van der Waals surface area (Å²) < 4.78 is 1.38. The molecule has 2 aromatic heterocycles. The lowest BCUT2D eigenvalue weighted by atomic mass is 10.1. The lowest BCUT2D eigenvalue weighted by Crippen LogP contribution is -2.36. The van der Waals surface area contributed by atoms with Gasteiger partial charge in [0.25, 0.3) is 5.91 Å². The predicted molar refractivity (Wildman–Crippen MR) is 124 cm³/mol. The fourth-order valence-corrected chi connectivity index (χ4v) is 4.34. The second kappa shape index (κ2) is 8.49. The van der Waals surface area contributed by atoms with Gasteiger partial charge in [0, 0.05) is 34.6 Å². The van der Waals surface area contributed by atoms with E-state index in [4.69, 9.17) is 11.6 Å². The van der Waals surface area contributed by atoms with Crippen molar-refractivity contribution in [2.24, 2.45) is 0 Å². The number of fused-ring (bicyclic) bond motifs is 1. The number of carbonyl (C=O) groups is 1. The van der Waals surface area contributed by atoms with Gasteiger partial charge in [-0.1, -0.05) is 23.7 Å². The number of aryl methyl sites for hydroxylation is 2. The van der Waals surface area contributed by atoms with Crippen LogP contribution in [0, 0.1) is 6.92 Å². The molecule has 0 aliphatic carbocycles. The van der Waals surface area contributed by atoms with Crippen molar-refractivity contribution < 1.29 is 4.79 Å². The van der Waals surface area contributed by atoms with Crippen LogP contribution in [0.2, 0.25) is 5.02 Å². The van der Waals surface area contributed by atoms with E-state index in [1.165, 1.54) is 15.9 Å². The number of thiazole rings is 1. The highest BCUT2D eigenvalue weighted by molar-refractivity contribution is 7.15. The van der Waals surface area contributed by atoms with E-state index < -0.39 is 11.1 Å². The fourth-order valence-electron chi connectivity index (χ4n) is 3.30. The molecule has 0 aliphatic rings. The summed E-state index contributed by atoms with van der Waals surface area (Å²) in [5, 5.41) is 3.98. The van der Waals surface area contributed by atoms with Crippen LogP contribution in [0.15, 0.2) is 52.2 Å². The molecule has 31 heavy (non-hydrogen) atoms. The molecular weight excluding hydrogens is 436 g/mol. The molecule has 2 aromatic carbocycles. The number of halogens is 1. The van der Waals surface area contributed by atoms with E-state index in [9.17, 15) is 14.4 Å². The molecule has 0 saturated carbocycles. The third kappa shape index (κ3) is 4.30. The molecule has 158 valence electrons. The van der Waals surface area contributed by atoms with Crippen LogP contribution in [-0.4, -0.2) is 20.4 Å². The van der Waals surface area contributed by atoms with Crippen LogP contribution in [0.3, 0.4) is 0 Å². The minimum absolute atomic E-state index is 0.351. The van der Waals surface area contributed by atoms with Crippen molar-refractivity contribution in [3.8, 4) is 0 Å². The first kappa shape index (κ1) is 21.0. The van der Waals surface area contributed by atoms with Crippen molar-refractivity contribution in [3.63, 3.8) is 0 Å². The summed E-state index contributed by atoms with van der Waals surface area (Å²) in [6.45, 7) is 4.10. The van der Waals surface area contributed by atoms with E-state index in [2.05, 4.69) is 15.3 Å². The largest absolute Gasteiger partial charge is 0.316 e. The van der Waals surface area contributed by atoms with Crippen LogP contribution in [-0.2, 0) is 13.0 Å². The normalized spacial score (nSPS) is 11.1. The summed E-state index contributed by atoms with van der Waals surface area (Å²) in [5.41, 5.74) is 2.11. The molecule has 0 bridgehead atoms. The van der Waals surface area contributed by atoms with Gasteiger partial charge in [-0.2, -0.15) is 0 Å². The Morgan fingerprint density at radius 1 is 1.23 bits per heavy atom. The van der Waals surface area contributed by atoms with Crippen LogP contribution in [0.5, 0.6) is 0 Å². The van der Waals surface area contributed by atoms with E-state index >= 15 is 0 Å². The monoisotopic (exact) mass is 454 g/mol. The second-order valence-electron chi connectivity index (χ2n) is 7.08. The van der Waals surface area contributed by atoms with Gasteiger partial charge in [-0.3, -0.25) is 19.7 Å². The van der Waals surface area contributed by atoms with Crippen molar-refractivity contribution >= 4 is 45.0 Å². The summed E-state index contributed by atoms with van der Waals surface area (Å²) >= 11 is 7.58. The number of H-pyrrole nitrogens is 1. The van der Waals surface area contributed by atoms with Crippen LogP contribution >= 0.6 is 22.9 Å². The smallest absolute Gasteiger partial charge is 0.316 e. The van der Waals surface area contributed by atoms with Gasteiger partial charge in [0.15, 0.2) is 5.13 Å². The van der Waals surface area contributed by atoms with E-state index in [1.807, 2.05) is 25.1 Å². The number of rotatable bonds is 5. The Bertz CT molecular complexity index is 1420. The van der Waals surface area contributed by atoms with Gasteiger partial charge in [0.1, 0.15) is 0 Å². The number of amides is 1. The van der Waals surface area contributed by atoms with Crippen molar-refractivity contribution in [2.45, 2.75) is 26.8 Å². The van der Waals surface area contributed by atoms with Crippen molar-refractivity contribution in [2.75, 3.05) is 5.32 Å². The van der Waals surface area contributed by atoms with Crippen molar-refractivity contribution in [3.05, 3.63) is 89.9 Å². The highest BCUT2D eigenvalue weighted by Gasteiger charge is 2.13. The molecule has 0 radical (unpaired) electrons. The molecule has 0 atom stereocenters. The van der Waals surface area contributed by atoms with Crippen LogP contribution in [0.1, 0.15) is 33.3 Å². The maximum absolute atomic E-state index is 12.7. The summed E-state index contributed by atoms with van der Waals surface area (Å²) in [6.07, 6.45) is 2.39. The van der Waals surface area contributed by atoms with Crippen LogP contribution in [0.4, 0.5) is 5.13 Å². The zero-order valence-corrected chi connectivity index (χ0v) is 18.4. The molecule has 9 heteroatoms. The Labute approximate surface area is 186 Å². The molecule has 2 N–H and O–H groups in total. The minimum Gasteiger partial charge on any atom is -0.316 e. The Morgan fingerprint density at radius 3 is 2.77 bits per heavy atom. The summed E-state index contributed by atoms with van der Waals surface area (Å²) in [4.78, 5) is 44.3. The van der Waals surface area contributed by atoms with Gasteiger partial charge < -0.3 is 9.55 Å². The average Bonchev–Trinajstić information content (AvgIpc) is 3.18. The van der Waals surface area contributed by atoms with Crippen molar-refractivity contribution in [1.82, 2.24) is 14.5 Å². The molecule has 0 unspecified atom stereocenters. The molecule has 0 spiro atoms. The first-order chi connectivity index (χ1) is 14.9. The molecule has 1 amide bonds. The topological polar surface area (TPSA) is 96.9 Å². The fraction of sp³-hybridized carbons (Fsp3) is 0.182. The standard InChI is InChI=1S/C22H19ClN4O3S/c1-3-27-18-7-6-14(10-17(18)25-20(29)21(27)30)19(28)26-22-24-11-15(31-22)8-13-5-4-12(2)16(23)9-13/h4-7,9-11H,3,8H2,1-2H3,(H,25,29)(H,24,26,28). The predicted octanol–water partition coefficient (Wildman–Crippen LogP) is 3.97. The Hall–Kier alpha value is -3.23. The first-order valence-electron chi connectivity index (χ1n) is 9.63. The molecule has 4 rings (SSSR count). The van der Waals surface area contributed by atoms with E-state index in [0.29, 0.717) is 34.7 Å². The Kier molecular flexibility index (Phi) is 5.75. The molecule has 0 fully saturated rings. The SMILES string of the molecule is CCn1c(=O)c(=O)[nH]c2cc(C(=O)Nc3ncc(Cc4ccc(C)c(Cl)c4)s3)ccc21. The first-order valence-corrected chi connectivity index (χ1v) is 10.8. The van der Waals surface area contributed by atoms with E-state index in [1.54, 1.807) is 31.3 Å². The number of anilines is 1. The Balaban J connectivity index is 1.54. The Morgan fingerprint density at radius 2 is 2.03 bits per heavy atom. The van der Waals surface area contributed by atoms with Gasteiger partial charge in [0.2, 0.25) is 0 Å². The summed E-state index contributed by atoms with van der Waals surface area (Å²) in [7, 11) is 0. The molecular formula is C22H19ClN4O3S. The third-order valence-corrected chi connectivity index (χ3v) is 6.26. The van der Waals surface area contributed by atoms with Gasteiger partial charge in [-0.25, -0.2) is 4.98 Å². The van der Waals surface area contributed by atoms with Gasteiger partial charge >= 0.3 is 11.1 Å². The lowest BCUT2D eigenvalue weighted by molar-refractivity contribution is 0.102. The number of nitrogens with zero attached hydrogens (tertiary/aromatic N) is 2. The molecule has 2 heterocycles. The highest BCUT2D eigenvalue weighted by Crippen LogP contribution is 2.24. The van der Waals surface area contributed by atoms with E-state index in [-0.39, 0.29) is 5.91 Å². The third-order valence-electron chi connectivity index (χ3n) is 4.94. The minimum atomic E-state index is -0.715. The van der Waals surface area contributed by atoms with Crippen LogP contribution < -0.4 is 16.4 Å². The maximum atomic E-state index is 12.7. The summed E-state index contributed by atoms with van der Waals surface area (Å²) in [5.74, 6) is -0.351. The average molecular weight is 455 g/mol. The van der Waals surface area contributed by atoms with Gasteiger partial charge in [-0.15, -0.1) is 11.3 Å². The van der Waals surface area contributed by atoms with Gasteiger partial charge in [0.05, 0.1) is 11.0 Å². The lowest BCUT2D eigenvalue weighted by Gasteiger charge is -2.08. The number of aromatic amines is 1. The molecule has 0 aliphatic heterocycles. The van der Waals surface area contributed by atoms with Gasteiger partial charge in [-0.05, 0) is 49.2 Å². The van der Waals surface area contributed by atoms with Crippen LogP contribution in [0.25, 0.3) is 11.0 Å². The quantitative estimate of drug-likeness (QED) is 0.446. The zero-order valence-electron chi connectivity index (χ0n) is 16.9. The molecule has 0 saturated heterocycles. The maximum Gasteiger partial charge on any atom is 0.316 e. The number of nitrogens with one attached hydrogen (secondary N) is 2. The molecule has 4 aromatic rings. The van der Waals surface area contributed by atoms with Crippen molar-refractivity contribution in [1.29, 1.82) is 0 Å². The number of aromatic nitrogens is 3. The van der Waals surface area contributed by atoms with E-state index in [0.717, 1.165) is 21.0 Å². The number of carbonyl (C=O) groups excluding carboxylic acids is 1. The second-order valence-corrected chi connectivity index (χ2v) is 8.60. The number of hydrogen-bond acceptors (Lipinski definition) is 5.